The molecule has 4 rings (SSSR count). The molecule has 0 saturated carbocycles. The number of hydrogen-bond donors (Lipinski definition) is 1. The van der Waals surface area contributed by atoms with E-state index in [0.717, 1.165) is 11.4 Å². The Morgan fingerprint density at radius 2 is 1.88 bits per heavy atom. The molecule has 1 aliphatic heterocycles. The number of carbonyl (C=O) groups is 1. The highest BCUT2D eigenvalue weighted by atomic mass is 16.6. The average Bonchev–Trinajstić information content (AvgIpc) is 3.37. The van der Waals surface area contributed by atoms with Crippen LogP contribution in [0.3, 0.4) is 0 Å². The molecule has 1 aliphatic rings. The van der Waals surface area contributed by atoms with Crippen LogP contribution in [-0.4, -0.2) is 48.5 Å². The fourth-order valence-corrected chi connectivity index (χ4v) is 3.83. The largest absolute Gasteiger partial charge is 0.494 e. The van der Waals surface area contributed by atoms with Crippen LogP contribution in [0.2, 0.25) is 0 Å². The second-order valence-electron chi connectivity index (χ2n) is 7.63. The van der Waals surface area contributed by atoms with Crippen LogP contribution in [0.15, 0.2) is 65.3 Å². The lowest BCUT2D eigenvalue weighted by Gasteiger charge is -2.36. The summed E-state index contributed by atoms with van der Waals surface area (Å²) < 4.78 is 10.7. The summed E-state index contributed by atoms with van der Waals surface area (Å²) in [4.78, 5) is 27.9. The number of nitrogens with one attached hydrogen (secondary N) is 1. The Balaban J connectivity index is 1.40. The van der Waals surface area contributed by atoms with Gasteiger partial charge in [0.2, 0.25) is 0 Å². The lowest BCUT2D eigenvalue weighted by Crippen LogP contribution is -2.48. The summed E-state index contributed by atoms with van der Waals surface area (Å²) in [5.74, 6) is 1.42. The van der Waals surface area contributed by atoms with Crippen LogP contribution in [0.1, 0.15) is 23.0 Å². The summed E-state index contributed by atoms with van der Waals surface area (Å²) in [5.41, 5.74) is 1.94. The molecule has 9 nitrogen and oxygen atoms in total. The first-order valence-corrected chi connectivity index (χ1v) is 10.9. The average molecular weight is 450 g/mol. The summed E-state index contributed by atoms with van der Waals surface area (Å²) in [6.45, 7) is 5.26. The fraction of sp³-hybridized carbons (Fsp3) is 0.292. The lowest BCUT2D eigenvalue weighted by atomic mass is 10.1. The van der Waals surface area contributed by atoms with E-state index in [1.54, 1.807) is 48.7 Å². The van der Waals surface area contributed by atoms with Crippen LogP contribution in [0.5, 0.6) is 5.75 Å². The highest BCUT2D eigenvalue weighted by molar-refractivity contribution is 5.94. The molecule has 172 valence electrons. The van der Waals surface area contributed by atoms with Crippen LogP contribution >= 0.6 is 0 Å². The van der Waals surface area contributed by atoms with E-state index in [0.29, 0.717) is 56.3 Å². The lowest BCUT2D eigenvalue weighted by molar-refractivity contribution is -0.384. The minimum atomic E-state index is -0.401. The molecular weight excluding hydrogens is 424 g/mol. The van der Waals surface area contributed by atoms with E-state index in [4.69, 9.17) is 9.15 Å². The van der Waals surface area contributed by atoms with Gasteiger partial charge < -0.3 is 24.3 Å². The van der Waals surface area contributed by atoms with Crippen molar-refractivity contribution in [2.45, 2.75) is 13.5 Å². The number of nitrogens with zero attached hydrogens (tertiary/aromatic N) is 3. The molecule has 33 heavy (non-hydrogen) atoms. The van der Waals surface area contributed by atoms with Gasteiger partial charge in [0.15, 0.2) is 0 Å². The van der Waals surface area contributed by atoms with E-state index in [2.05, 4.69) is 10.2 Å². The molecule has 0 bridgehead atoms. The maximum absolute atomic E-state index is 12.9. The van der Waals surface area contributed by atoms with Crippen molar-refractivity contribution in [1.29, 1.82) is 0 Å². The van der Waals surface area contributed by atoms with Crippen molar-refractivity contribution in [1.82, 2.24) is 4.90 Å². The molecule has 0 aliphatic carbocycles. The van der Waals surface area contributed by atoms with Gasteiger partial charge in [0, 0.05) is 43.5 Å². The van der Waals surface area contributed by atoms with Crippen molar-refractivity contribution in [2.75, 3.05) is 43.0 Å². The Labute approximate surface area is 191 Å². The molecular formula is C24H26N4O5. The standard InChI is InChI=1S/C24H26N4O5/c1-2-32-20-8-5-18(6-9-20)24(29)27-13-11-26(12-14-27)19-7-10-23(28(30)31)22(16-19)25-17-21-4-3-15-33-21/h3-10,15-16,25H,2,11-14,17H2,1H3. The summed E-state index contributed by atoms with van der Waals surface area (Å²) in [6, 6.07) is 15.8. The molecule has 0 spiro atoms. The van der Waals surface area contributed by atoms with Gasteiger partial charge in [0.25, 0.3) is 11.6 Å². The number of amides is 1. The van der Waals surface area contributed by atoms with Gasteiger partial charge in [-0.3, -0.25) is 14.9 Å². The van der Waals surface area contributed by atoms with Crippen LogP contribution in [0.25, 0.3) is 0 Å². The van der Waals surface area contributed by atoms with Gasteiger partial charge in [-0.2, -0.15) is 0 Å². The maximum Gasteiger partial charge on any atom is 0.292 e. The van der Waals surface area contributed by atoms with Crippen LogP contribution in [0.4, 0.5) is 17.1 Å². The highest BCUT2D eigenvalue weighted by Gasteiger charge is 2.24. The number of carbonyl (C=O) groups excluding carboxylic acids is 1. The molecule has 1 amide bonds. The van der Waals surface area contributed by atoms with E-state index in [9.17, 15) is 14.9 Å². The van der Waals surface area contributed by atoms with Gasteiger partial charge in [0.05, 0.1) is 24.3 Å². The van der Waals surface area contributed by atoms with Crippen molar-refractivity contribution in [3.8, 4) is 5.75 Å². The molecule has 9 heteroatoms. The van der Waals surface area contributed by atoms with Crippen LogP contribution < -0.4 is 15.0 Å². The molecule has 0 radical (unpaired) electrons. The predicted molar refractivity (Wildman–Crippen MR) is 125 cm³/mol. The number of rotatable bonds is 8. The van der Waals surface area contributed by atoms with Gasteiger partial charge >= 0.3 is 0 Å². The van der Waals surface area contributed by atoms with Gasteiger partial charge in [-0.1, -0.05) is 0 Å². The minimum absolute atomic E-state index is 0.00891. The first-order chi connectivity index (χ1) is 16.0. The van der Waals surface area contributed by atoms with Gasteiger partial charge in [-0.05, 0) is 55.5 Å². The highest BCUT2D eigenvalue weighted by Crippen LogP contribution is 2.30. The number of furan rings is 1. The minimum Gasteiger partial charge on any atom is -0.494 e. The Morgan fingerprint density at radius 1 is 1.12 bits per heavy atom. The number of nitro benzene ring substituents is 1. The van der Waals surface area contributed by atoms with E-state index in [1.165, 1.54) is 6.07 Å². The SMILES string of the molecule is CCOc1ccc(C(=O)N2CCN(c3ccc([N+](=O)[O-])c(NCc4ccco4)c3)CC2)cc1. The van der Waals surface area contributed by atoms with Crippen molar-refractivity contribution < 1.29 is 18.9 Å². The van der Waals surface area contributed by atoms with Crippen molar-refractivity contribution in [3.05, 3.63) is 82.3 Å². The molecule has 1 aromatic heterocycles. The van der Waals surface area contributed by atoms with Crippen molar-refractivity contribution >= 4 is 23.0 Å². The number of piperazine rings is 1. The molecule has 0 unspecified atom stereocenters. The maximum atomic E-state index is 12.9. The predicted octanol–water partition coefficient (Wildman–Crippen LogP) is 4.16. The van der Waals surface area contributed by atoms with Crippen LogP contribution in [0, 0.1) is 10.1 Å². The molecule has 3 aromatic rings. The normalized spacial score (nSPS) is 13.6. The third-order valence-electron chi connectivity index (χ3n) is 5.55. The summed E-state index contributed by atoms with van der Waals surface area (Å²) in [6.07, 6.45) is 1.57. The van der Waals surface area contributed by atoms with Gasteiger partial charge in [-0.25, -0.2) is 0 Å². The first-order valence-electron chi connectivity index (χ1n) is 10.9. The first kappa shape index (κ1) is 22.2. The van der Waals surface area contributed by atoms with E-state index < -0.39 is 4.92 Å². The summed E-state index contributed by atoms with van der Waals surface area (Å²) in [5, 5.41) is 14.6. The van der Waals surface area contributed by atoms with Gasteiger partial charge in [0.1, 0.15) is 17.2 Å². The molecule has 1 fully saturated rings. The quantitative estimate of drug-likeness (QED) is 0.406. The number of nitro groups is 1. The summed E-state index contributed by atoms with van der Waals surface area (Å²) in [7, 11) is 0. The zero-order valence-corrected chi connectivity index (χ0v) is 18.4. The number of benzene rings is 2. The van der Waals surface area contributed by atoms with E-state index in [1.807, 2.05) is 17.9 Å². The Hall–Kier alpha value is -4.01. The Kier molecular flexibility index (Phi) is 6.77. The second-order valence-corrected chi connectivity index (χ2v) is 7.63. The number of ether oxygens (including phenoxy) is 1. The second kappa shape index (κ2) is 10.1. The monoisotopic (exact) mass is 450 g/mol. The number of hydrogen-bond acceptors (Lipinski definition) is 7. The number of anilines is 2. The third kappa shape index (κ3) is 5.25. The van der Waals surface area contributed by atoms with Crippen molar-refractivity contribution in [3.63, 3.8) is 0 Å². The summed E-state index contributed by atoms with van der Waals surface area (Å²) >= 11 is 0. The molecule has 2 aromatic carbocycles. The van der Waals surface area contributed by atoms with Crippen molar-refractivity contribution in [2.24, 2.45) is 0 Å². The topological polar surface area (TPSA) is 101 Å². The zero-order chi connectivity index (χ0) is 23.2. The Morgan fingerprint density at radius 3 is 2.52 bits per heavy atom. The molecule has 1 saturated heterocycles. The van der Waals surface area contributed by atoms with E-state index >= 15 is 0 Å². The molecule has 1 N–H and O–H groups in total. The van der Waals surface area contributed by atoms with E-state index in [-0.39, 0.29) is 11.6 Å². The molecule has 0 atom stereocenters. The zero-order valence-electron chi connectivity index (χ0n) is 18.4. The smallest absolute Gasteiger partial charge is 0.292 e. The third-order valence-corrected chi connectivity index (χ3v) is 5.55. The van der Waals surface area contributed by atoms with Crippen LogP contribution in [-0.2, 0) is 6.54 Å². The Bertz CT molecular complexity index is 1090. The molecule has 2 heterocycles. The fourth-order valence-electron chi connectivity index (χ4n) is 3.83. The van der Waals surface area contributed by atoms with Gasteiger partial charge in [-0.15, -0.1) is 0 Å².